The van der Waals surface area contributed by atoms with Gasteiger partial charge < -0.3 is 9.84 Å². The molecule has 1 aliphatic rings. The van der Waals surface area contributed by atoms with Gasteiger partial charge in [0.2, 0.25) is 10.0 Å². The van der Waals surface area contributed by atoms with Crippen LogP contribution in [0.2, 0.25) is 0 Å². The fraction of sp³-hybridized carbons (Fsp3) is 0.500. The van der Waals surface area contributed by atoms with Crippen molar-refractivity contribution in [3.63, 3.8) is 0 Å². The van der Waals surface area contributed by atoms with E-state index >= 15 is 0 Å². The predicted molar refractivity (Wildman–Crippen MR) is 66.7 cm³/mol. The summed E-state index contributed by atoms with van der Waals surface area (Å²) in [6.45, 7) is 2.75. The number of aryl methyl sites for hydroxylation is 1. The molecule has 0 aromatic heterocycles. The highest BCUT2D eigenvalue weighted by Crippen LogP contribution is 2.14. The highest BCUT2D eigenvalue weighted by Gasteiger charge is 2.27. The van der Waals surface area contributed by atoms with Crippen LogP contribution in [0.25, 0.3) is 0 Å². The summed E-state index contributed by atoms with van der Waals surface area (Å²) in [5.41, 5.74) is 1.01. The van der Waals surface area contributed by atoms with Gasteiger partial charge in [-0.25, -0.2) is 13.1 Å². The number of sulfonamides is 1. The average Bonchev–Trinajstić information content (AvgIpc) is 2.73. The Morgan fingerprint density at radius 1 is 1.33 bits per heavy atom. The van der Waals surface area contributed by atoms with Crippen LogP contribution in [0.5, 0.6) is 0 Å². The summed E-state index contributed by atoms with van der Waals surface area (Å²) in [6.07, 6.45) is -0.592. The highest BCUT2D eigenvalue weighted by molar-refractivity contribution is 7.89. The minimum atomic E-state index is -3.50. The van der Waals surface area contributed by atoms with Crippen LogP contribution in [0.3, 0.4) is 0 Å². The monoisotopic (exact) mass is 271 g/mol. The Kier molecular flexibility index (Phi) is 4.01. The Labute approximate surface area is 107 Å². The van der Waals surface area contributed by atoms with Crippen LogP contribution in [0.15, 0.2) is 29.2 Å². The molecular formula is C12H17NO4S. The quantitative estimate of drug-likeness (QED) is 0.825. The minimum absolute atomic E-state index is 0.176. The third kappa shape index (κ3) is 3.08. The summed E-state index contributed by atoms with van der Waals surface area (Å²) in [4.78, 5) is 0.238. The lowest BCUT2D eigenvalue weighted by atomic mass is 10.1. The van der Waals surface area contributed by atoms with Crippen LogP contribution >= 0.6 is 0 Å². The zero-order valence-corrected chi connectivity index (χ0v) is 11.0. The molecule has 6 heteroatoms. The van der Waals surface area contributed by atoms with Gasteiger partial charge in [-0.2, -0.15) is 0 Å². The van der Waals surface area contributed by atoms with Crippen LogP contribution < -0.4 is 4.72 Å². The maximum Gasteiger partial charge on any atom is 0.240 e. The summed E-state index contributed by atoms with van der Waals surface area (Å²) in [5, 5.41) is 9.53. The highest BCUT2D eigenvalue weighted by atomic mass is 32.2. The Morgan fingerprint density at radius 2 is 2.00 bits per heavy atom. The van der Waals surface area contributed by atoms with Crippen molar-refractivity contribution in [3.8, 4) is 0 Å². The Morgan fingerprint density at radius 3 is 2.56 bits per heavy atom. The van der Waals surface area contributed by atoms with Gasteiger partial charge in [-0.3, -0.25) is 0 Å². The van der Waals surface area contributed by atoms with Crippen molar-refractivity contribution in [2.75, 3.05) is 19.8 Å². The molecule has 1 aromatic rings. The van der Waals surface area contributed by atoms with E-state index in [9.17, 15) is 13.5 Å². The zero-order chi connectivity index (χ0) is 13.2. The summed E-state index contributed by atoms with van der Waals surface area (Å²) >= 11 is 0. The molecular weight excluding hydrogens is 254 g/mol. The molecule has 100 valence electrons. The average molecular weight is 271 g/mol. The van der Waals surface area contributed by atoms with Crippen molar-refractivity contribution >= 4 is 10.0 Å². The SMILES string of the molecule is Cc1ccc(S(=O)(=O)NC[C@H]2COC[C@@H]2O)cc1. The van der Waals surface area contributed by atoms with Crippen molar-refractivity contribution in [2.45, 2.75) is 17.9 Å². The van der Waals surface area contributed by atoms with Gasteiger partial charge in [0.1, 0.15) is 0 Å². The van der Waals surface area contributed by atoms with E-state index in [1.807, 2.05) is 6.92 Å². The molecule has 1 fully saturated rings. The van der Waals surface area contributed by atoms with Crippen LogP contribution in [0.1, 0.15) is 5.56 Å². The lowest BCUT2D eigenvalue weighted by molar-refractivity contribution is 0.119. The molecule has 2 atom stereocenters. The molecule has 1 aliphatic heterocycles. The fourth-order valence-electron chi connectivity index (χ4n) is 1.80. The van der Waals surface area contributed by atoms with E-state index in [0.717, 1.165) is 5.56 Å². The molecule has 0 unspecified atom stereocenters. The third-order valence-electron chi connectivity index (χ3n) is 3.03. The molecule has 0 spiro atoms. The first-order chi connectivity index (χ1) is 8.49. The second-order valence-electron chi connectivity index (χ2n) is 4.53. The van der Waals surface area contributed by atoms with Gasteiger partial charge >= 0.3 is 0 Å². The first kappa shape index (κ1) is 13.5. The Hall–Kier alpha value is -0.950. The molecule has 0 bridgehead atoms. The third-order valence-corrected chi connectivity index (χ3v) is 4.47. The number of aliphatic hydroxyl groups is 1. The second kappa shape index (κ2) is 5.36. The summed E-state index contributed by atoms with van der Waals surface area (Å²) < 4.78 is 31.5. The Bertz CT molecular complexity index is 497. The molecule has 5 nitrogen and oxygen atoms in total. The van der Waals surface area contributed by atoms with E-state index < -0.39 is 16.1 Å². The van der Waals surface area contributed by atoms with Gasteiger partial charge in [-0.15, -0.1) is 0 Å². The van der Waals surface area contributed by atoms with Crippen molar-refractivity contribution < 1.29 is 18.3 Å². The first-order valence-corrected chi connectivity index (χ1v) is 7.29. The van der Waals surface area contributed by atoms with E-state index in [0.29, 0.717) is 6.61 Å². The Balaban J connectivity index is 2.01. The summed E-state index contributed by atoms with van der Waals surface area (Å²) in [7, 11) is -3.50. The number of nitrogens with one attached hydrogen (secondary N) is 1. The lowest BCUT2D eigenvalue weighted by Crippen LogP contribution is -2.34. The smallest absolute Gasteiger partial charge is 0.240 e. The number of hydrogen-bond acceptors (Lipinski definition) is 4. The standard InChI is InChI=1S/C12H17NO4S/c1-9-2-4-11(5-3-9)18(15,16)13-6-10-7-17-8-12(10)14/h2-5,10,12-14H,6-8H2,1H3/t10-,12-/m0/s1. The normalized spacial score (nSPS) is 24.3. The first-order valence-electron chi connectivity index (χ1n) is 5.81. The second-order valence-corrected chi connectivity index (χ2v) is 6.30. The largest absolute Gasteiger partial charge is 0.390 e. The zero-order valence-electron chi connectivity index (χ0n) is 10.2. The van der Waals surface area contributed by atoms with E-state index in [1.54, 1.807) is 24.3 Å². The van der Waals surface area contributed by atoms with Gasteiger partial charge in [0.15, 0.2) is 0 Å². The number of ether oxygens (including phenoxy) is 1. The molecule has 18 heavy (non-hydrogen) atoms. The van der Waals surface area contributed by atoms with Gasteiger partial charge in [0.25, 0.3) is 0 Å². The minimum Gasteiger partial charge on any atom is -0.390 e. The lowest BCUT2D eigenvalue weighted by Gasteiger charge is -2.13. The topological polar surface area (TPSA) is 75.6 Å². The number of benzene rings is 1. The summed E-state index contributed by atoms with van der Waals surface area (Å²) in [6, 6.07) is 6.64. The van der Waals surface area contributed by atoms with E-state index in [-0.39, 0.29) is 24.0 Å². The molecule has 1 heterocycles. The van der Waals surface area contributed by atoms with Gasteiger partial charge in [0, 0.05) is 12.5 Å². The molecule has 2 rings (SSSR count). The van der Waals surface area contributed by atoms with E-state index in [1.165, 1.54) is 0 Å². The molecule has 0 amide bonds. The molecule has 1 aromatic carbocycles. The van der Waals surface area contributed by atoms with E-state index in [2.05, 4.69) is 4.72 Å². The maximum atomic E-state index is 12.0. The molecule has 1 saturated heterocycles. The molecule has 0 saturated carbocycles. The predicted octanol–water partition coefficient (Wildman–Crippen LogP) is 0.281. The van der Waals surface area contributed by atoms with Gasteiger partial charge in [0.05, 0.1) is 24.2 Å². The van der Waals surface area contributed by atoms with Crippen molar-refractivity contribution in [1.29, 1.82) is 0 Å². The fourth-order valence-corrected chi connectivity index (χ4v) is 2.89. The van der Waals surface area contributed by atoms with Crippen molar-refractivity contribution in [2.24, 2.45) is 5.92 Å². The van der Waals surface area contributed by atoms with Gasteiger partial charge in [-0.1, -0.05) is 17.7 Å². The number of rotatable bonds is 4. The van der Waals surface area contributed by atoms with Crippen molar-refractivity contribution in [1.82, 2.24) is 4.72 Å². The van der Waals surface area contributed by atoms with Crippen LogP contribution in [0, 0.1) is 12.8 Å². The molecule has 0 radical (unpaired) electrons. The molecule has 2 N–H and O–H groups in total. The number of aliphatic hydroxyl groups excluding tert-OH is 1. The van der Waals surface area contributed by atoms with Crippen LogP contribution in [0.4, 0.5) is 0 Å². The maximum absolute atomic E-state index is 12.0. The van der Waals surface area contributed by atoms with Crippen molar-refractivity contribution in [3.05, 3.63) is 29.8 Å². The van der Waals surface area contributed by atoms with Crippen LogP contribution in [-0.4, -0.2) is 39.4 Å². The summed E-state index contributed by atoms with van der Waals surface area (Å²) in [5.74, 6) is -0.176. The molecule has 0 aliphatic carbocycles. The van der Waals surface area contributed by atoms with E-state index in [4.69, 9.17) is 4.74 Å². The number of hydrogen-bond donors (Lipinski definition) is 2. The van der Waals surface area contributed by atoms with Crippen LogP contribution in [-0.2, 0) is 14.8 Å². The van der Waals surface area contributed by atoms with Gasteiger partial charge in [-0.05, 0) is 19.1 Å².